The van der Waals surface area contributed by atoms with E-state index in [1.54, 1.807) is 13.8 Å². The minimum atomic E-state index is -0.931. The third-order valence-corrected chi connectivity index (χ3v) is 2.22. The molecule has 21 heavy (non-hydrogen) atoms. The topological polar surface area (TPSA) is 80.4 Å². The van der Waals surface area contributed by atoms with Crippen molar-refractivity contribution in [3.63, 3.8) is 0 Å². The molecule has 0 bridgehead atoms. The van der Waals surface area contributed by atoms with Crippen LogP contribution in [-0.2, 0) is 14.3 Å². The molecule has 3 N–H and O–H groups in total. The van der Waals surface area contributed by atoms with Gasteiger partial charge in [-0.3, -0.25) is 9.59 Å². The predicted molar refractivity (Wildman–Crippen MR) is 102 cm³/mol. The summed E-state index contributed by atoms with van der Waals surface area (Å²) in [5.74, 6) is -0.910. The number of aldehydes is 1. The number of carbonyl (C=O) groups is 2. The monoisotopic (exact) mass is 558 g/mol. The van der Waals surface area contributed by atoms with Crippen molar-refractivity contribution in [2.45, 2.75) is 34.2 Å². The van der Waals surface area contributed by atoms with Gasteiger partial charge in [0.05, 0.1) is 0 Å². The van der Waals surface area contributed by atoms with E-state index in [1.165, 1.54) is 5.56 Å². The molecule has 7 heteroatoms. The Labute approximate surface area is 156 Å². The van der Waals surface area contributed by atoms with Crippen LogP contribution in [0.15, 0.2) is 24.3 Å². The first-order valence-corrected chi connectivity index (χ1v) is 14.7. The van der Waals surface area contributed by atoms with Gasteiger partial charge in [-0.2, -0.15) is 0 Å². The van der Waals surface area contributed by atoms with Crippen LogP contribution in [0.1, 0.15) is 37.2 Å². The fourth-order valence-corrected chi connectivity index (χ4v) is 0.930. The molecule has 0 heterocycles. The first-order chi connectivity index (χ1) is 9.29. The van der Waals surface area contributed by atoms with Crippen molar-refractivity contribution in [3.05, 3.63) is 35.4 Å². The summed E-state index contributed by atoms with van der Waals surface area (Å²) in [5, 5.41) is 8.23. The number of hydrogen-bond acceptors (Lipinski definition) is 3. The quantitative estimate of drug-likeness (QED) is 0.430. The standard InChI is InChI=1S/C8H8O.C5H11NO2.CH4.2HI.V/c1-7-2-4-8(6-9)5-3-7;1-3(2)4(6)5(7)8;;;;/h2-6H,1H3;3-4H,6H2,1-2H3,(H,7,8);1H4;2*1H;/q;;;;;+2/p-2. The minimum absolute atomic E-state index is 0. The molecule has 4 nitrogen and oxygen atoms in total. The fraction of sp³-hybridized carbons (Fsp3) is 0.429. The summed E-state index contributed by atoms with van der Waals surface area (Å²) in [5.41, 5.74) is 7.08. The summed E-state index contributed by atoms with van der Waals surface area (Å²) in [6.45, 7) is 5.55. The number of carboxylic acid groups (broad SMARTS) is 1. The molecule has 1 rings (SSSR count). The molecule has 0 saturated heterocycles. The molecular weight excluding hydrogens is 535 g/mol. The Bertz CT molecular complexity index is 386. The zero-order chi connectivity index (χ0) is 16.1. The molecule has 0 amide bonds. The van der Waals surface area contributed by atoms with E-state index in [-0.39, 0.29) is 13.3 Å². The summed E-state index contributed by atoms with van der Waals surface area (Å²) in [6, 6.07) is 6.74. The van der Waals surface area contributed by atoms with Crippen molar-refractivity contribution in [2.75, 3.05) is 0 Å². The zero-order valence-electron chi connectivity index (χ0n) is 11.6. The Hall–Kier alpha value is 0.364. The second kappa shape index (κ2) is 16.7. The van der Waals surface area contributed by atoms with Crippen molar-refractivity contribution < 1.29 is 24.2 Å². The van der Waals surface area contributed by atoms with Gasteiger partial charge in [0.2, 0.25) is 0 Å². The van der Waals surface area contributed by atoms with Gasteiger partial charge in [-0.1, -0.05) is 51.1 Å². The van der Waals surface area contributed by atoms with E-state index in [4.69, 9.17) is 10.8 Å². The van der Waals surface area contributed by atoms with Gasteiger partial charge in [0.1, 0.15) is 12.3 Å². The Morgan fingerprint density at radius 3 is 1.86 bits per heavy atom. The molecule has 1 unspecified atom stereocenters. The van der Waals surface area contributed by atoms with Crippen LogP contribution in [0.25, 0.3) is 0 Å². The first-order valence-electron chi connectivity index (χ1n) is 5.72. The van der Waals surface area contributed by atoms with E-state index < -0.39 is 12.0 Å². The molecule has 121 valence electrons. The van der Waals surface area contributed by atoms with Gasteiger partial charge in [-0.15, -0.1) is 0 Å². The number of hydrogen-bond donors (Lipinski definition) is 2. The normalized spacial score (nSPS) is 9.86. The maximum absolute atomic E-state index is 10.1. The van der Waals surface area contributed by atoms with Gasteiger partial charge < -0.3 is 10.8 Å². The number of carbonyl (C=O) groups excluding carboxylic acids is 1. The van der Waals surface area contributed by atoms with E-state index in [0.29, 0.717) is 9.47 Å². The number of aryl methyl sites for hydroxylation is 1. The molecule has 0 aromatic heterocycles. The average molecular weight is 558 g/mol. The van der Waals surface area contributed by atoms with Crippen molar-refractivity contribution in [2.24, 2.45) is 11.7 Å². The van der Waals surface area contributed by atoms with Crippen LogP contribution >= 0.6 is 40.0 Å². The SMILES string of the molecule is C.CC(C)C(N)C(=O)O.Cc1ccc(C=O)cc1.[I][V][I]. The summed E-state index contributed by atoms with van der Waals surface area (Å²) in [6.07, 6.45) is 0.847. The van der Waals surface area contributed by atoms with E-state index in [0.717, 1.165) is 11.8 Å². The molecular formula is C14H23I2NO3V. The van der Waals surface area contributed by atoms with Crippen LogP contribution in [0.4, 0.5) is 0 Å². The van der Waals surface area contributed by atoms with Gasteiger partial charge >= 0.3 is 55.4 Å². The molecule has 0 aliphatic heterocycles. The molecule has 0 radical (unpaired) electrons. The van der Waals surface area contributed by atoms with Crippen LogP contribution in [0.5, 0.6) is 0 Å². The Kier molecular flexibility index (Phi) is 20.9. The van der Waals surface area contributed by atoms with E-state index >= 15 is 0 Å². The van der Waals surface area contributed by atoms with Crippen LogP contribution in [-0.4, -0.2) is 23.4 Å². The number of rotatable bonds is 3. The number of halogens is 2. The van der Waals surface area contributed by atoms with Crippen LogP contribution in [0, 0.1) is 12.8 Å². The van der Waals surface area contributed by atoms with Crippen LogP contribution in [0.3, 0.4) is 0 Å². The summed E-state index contributed by atoms with van der Waals surface area (Å²) >= 11 is 4.74. The van der Waals surface area contributed by atoms with Gasteiger partial charge in [-0.25, -0.2) is 0 Å². The van der Waals surface area contributed by atoms with E-state index in [9.17, 15) is 9.59 Å². The molecule has 0 saturated carbocycles. The predicted octanol–water partition coefficient (Wildman–Crippen LogP) is 4.27. The number of aliphatic carboxylic acids is 1. The Balaban J connectivity index is -0.000000252. The molecule has 1 aromatic carbocycles. The molecule has 0 fully saturated rings. The second-order valence-corrected chi connectivity index (χ2v) is 16.0. The van der Waals surface area contributed by atoms with Crippen molar-refractivity contribution in [1.29, 1.82) is 0 Å². The molecule has 0 spiro atoms. The molecule has 1 atom stereocenters. The Morgan fingerprint density at radius 2 is 1.67 bits per heavy atom. The second-order valence-electron chi connectivity index (χ2n) is 4.20. The Morgan fingerprint density at radius 1 is 1.29 bits per heavy atom. The number of carboxylic acids is 1. The summed E-state index contributed by atoms with van der Waals surface area (Å²) < 4.78 is 0. The fourth-order valence-electron chi connectivity index (χ4n) is 0.930. The molecule has 0 aliphatic carbocycles. The van der Waals surface area contributed by atoms with E-state index in [2.05, 4.69) is 40.0 Å². The summed E-state index contributed by atoms with van der Waals surface area (Å²) in [4.78, 5) is 20.1. The van der Waals surface area contributed by atoms with Crippen LogP contribution < -0.4 is 5.73 Å². The number of benzene rings is 1. The molecule has 0 aliphatic rings. The van der Waals surface area contributed by atoms with Crippen molar-refractivity contribution >= 4 is 52.2 Å². The molecule has 1 aromatic rings. The van der Waals surface area contributed by atoms with Gasteiger partial charge in [-0.05, 0) is 12.8 Å². The average Bonchev–Trinajstić information content (AvgIpc) is 2.40. The summed E-state index contributed by atoms with van der Waals surface area (Å²) in [7, 11) is 0.628. The van der Waals surface area contributed by atoms with Gasteiger partial charge in [0, 0.05) is 5.56 Å². The maximum atomic E-state index is 10.1. The van der Waals surface area contributed by atoms with Crippen molar-refractivity contribution in [3.8, 4) is 0 Å². The number of nitrogens with two attached hydrogens (primary N) is 1. The van der Waals surface area contributed by atoms with Gasteiger partial charge in [0.25, 0.3) is 0 Å². The van der Waals surface area contributed by atoms with E-state index in [1.807, 2.05) is 31.2 Å². The third kappa shape index (κ3) is 16.6. The first kappa shape index (κ1) is 26.3. The van der Waals surface area contributed by atoms with Crippen LogP contribution in [0.2, 0.25) is 0 Å². The van der Waals surface area contributed by atoms with Gasteiger partial charge in [0.15, 0.2) is 0 Å². The zero-order valence-corrected chi connectivity index (χ0v) is 17.3. The third-order valence-electron chi connectivity index (χ3n) is 2.22. The van der Waals surface area contributed by atoms with Crippen molar-refractivity contribution in [1.82, 2.24) is 0 Å².